The first-order valence-corrected chi connectivity index (χ1v) is 25.1. The number of nitrogens with zero attached hydrogens (tertiary/aromatic N) is 3. The van der Waals surface area contributed by atoms with Gasteiger partial charge in [0.1, 0.15) is 5.75 Å². The summed E-state index contributed by atoms with van der Waals surface area (Å²) < 4.78 is 41.3. The number of anilines is 1. The molecular weight excluding hydrogens is 774 g/mol. The number of hydrogen-bond acceptors (Lipinski definition) is 8. The molecule has 1 aliphatic heterocycles. The van der Waals surface area contributed by atoms with Crippen LogP contribution in [0.15, 0.2) is 72.2 Å². The van der Waals surface area contributed by atoms with Crippen molar-refractivity contribution in [2.24, 2.45) is 11.8 Å². The molecule has 2 aliphatic carbocycles. The summed E-state index contributed by atoms with van der Waals surface area (Å²) in [6.45, 7) is 17.6. The van der Waals surface area contributed by atoms with Crippen LogP contribution in [0.3, 0.4) is 0 Å². The monoisotopic (exact) mass is 835 g/mol. The van der Waals surface area contributed by atoms with E-state index in [0.29, 0.717) is 54.3 Å². The number of fused-ring (bicyclic) bond motifs is 3. The highest BCUT2D eigenvalue weighted by molar-refractivity contribution is 7.91. The van der Waals surface area contributed by atoms with Crippen LogP contribution in [0.1, 0.15) is 115 Å². The van der Waals surface area contributed by atoms with Crippen molar-refractivity contribution in [2.45, 2.75) is 138 Å². The number of benzene rings is 2. The third-order valence-electron chi connectivity index (χ3n) is 13.3. The average molecular weight is 837 g/mol. The highest BCUT2D eigenvalue weighted by Gasteiger charge is 2.47. The molecule has 0 amide bonds. The Hall–Kier alpha value is -3.25. The Morgan fingerprint density at radius 1 is 1.05 bits per heavy atom. The summed E-state index contributed by atoms with van der Waals surface area (Å²) in [5.41, 5.74) is 4.50. The number of carboxylic acid groups (broad SMARTS) is 1. The third kappa shape index (κ3) is 9.02. The lowest BCUT2D eigenvalue weighted by Crippen LogP contribution is -2.50. The van der Waals surface area contributed by atoms with Crippen LogP contribution in [0.4, 0.5) is 5.69 Å². The number of ether oxygens (including phenoxy) is 1. The second-order valence-electron chi connectivity index (χ2n) is 17.6. The normalized spacial score (nSPS) is 22.3. The molecule has 2 aromatic carbocycles. The molecule has 1 N–H and O–H groups in total. The van der Waals surface area contributed by atoms with Gasteiger partial charge in [0.25, 0.3) is 0 Å². The van der Waals surface area contributed by atoms with Gasteiger partial charge in [0.15, 0.2) is 0 Å². The fraction of sp³-hybridized carbons (Fsp3) is 0.578. The van der Waals surface area contributed by atoms with Gasteiger partial charge in [-0.15, -0.1) is 0 Å². The predicted octanol–water partition coefficient (Wildman–Crippen LogP) is 10.5. The zero-order chi connectivity index (χ0) is 41.1. The maximum Gasteiger partial charge on any atom is 0.335 e. The first-order chi connectivity index (χ1) is 27.1. The Morgan fingerprint density at radius 2 is 1.77 bits per heavy atom. The van der Waals surface area contributed by atoms with Gasteiger partial charge in [-0.25, -0.2) is 23.2 Å². The summed E-state index contributed by atoms with van der Waals surface area (Å²) in [4.78, 5) is 22.8. The largest absolute Gasteiger partial charge is 0.490 e. The molecule has 2 heterocycles. The Balaban J connectivity index is 1.28. The Kier molecular flexibility index (Phi) is 13.6. The van der Waals surface area contributed by atoms with Crippen LogP contribution in [0, 0.1) is 11.8 Å². The number of halogens is 1. The van der Waals surface area contributed by atoms with E-state index in [1.807, 2.05) is 19.1 Å². The van der Waals surface area contributed by atoms with Crippen molar-refractivity contribution < 1.29 is 27.5 Å². The van der Waals surface area contributed by atoms with E-state index in [4.69, 9.17) is 20.8 Å². The van der Waals surface area contributed by atoms with Gasteiger partial charge >= 0.3 is 5.97 Å². The van der Waals surface area contributed by atoms with Gasteiger partial charge in [-0.3, -0.25) is 0 Å². The summed E-state index contributed by atoms with van der Waals surface area (Å²) in [6, 6.07) is 13.1. The first kappa shape index (κ1) is 43.3. The van der Waals surface area contributed by atoms with E-state index in [9.17, 15) is 18.3 Å². The minimum absolute atomic E-state index is 0.115. The van der Waals surface area contributed by atoms with E-state index in [1.54, 1.807) is 18.2 Å². The van der Waals surface area contributed by atoms with Crippen LogP contribution < -0.4 is 9.64 Å². The molecular formula is C45H62ClN3O6SSi. The van der Waals surface area contributed by atoms with Crippen LogP contribution in [-0.2, 0) is 26.1 Å². The molecule has 12 heteroatoms. The van der Waals surface area contributed by atoms with Gasteiger partial charge < -0.3 is 19.2 Å². The van der Waals surface area contributed by atoms with Crippen molar-refractivity contribution in [3.8, 4) is 5.75 Å². The predicted molar refractivity (Wildman–Crippen MR) is 231 cm³/mol. The molecule has 0 radical (unpaired) electrons. The maximum atomic E-state index is 13.7. The number of aromatic carboxylic acids is 1. The quantitative estimate of drug-likeness (QED) is 0.0854. The number of carboxylic acids is 1. The van der Waals surface area contributed by atoms with Crippen molar-refractivity contribution in [2.75, 3.05) is 24.6 Å². The summed E-state index contributed by atoms with van der Waals surface area (Å²) in [5.74, 6) is 0.406. The molecule has 0 saturated heterocycles. The van der Waals surface area contributed by atoms with E-state index in [1.165, 1.54) is 23.5 Å². The molecule has 1 spiro atoms. The van der Waals surface area contributed by atoms with Crippen LogP contribution in [0.5, 0.6) is 5.75 Å². The van der Waals surface area contributed by atoms with E-state index >= 15 is 0 Å². The minimum atomic E-state index is -3.71. The van der Waals surface area contributed by atoms with Crippen molar-refractivity contribution in [3.63, 3.8) is 0 Å². The fourth-order valence-corrected chi connectivity index (χ4v) is 17.6. The zero-order valence-electron chi connectivity index (χ0n) is 34.8. The van der Waals surface area contributed by atoms with Crippen molar-refractivity contribution in [1.29, 1.82) is 0 Å². The second-order valence-corrected chi connectivity index (χ2v) is 25.6. The number of allylic oxidation sites excluding steroid dienone is 1. The van der Waals surface area contributed by atoms with E-state index in [0.717, 1.165) is 61.7 Å². The van der Waals surface area contributed by atoms with Gasteiger partial charge in [0.2, 0.25) is 23.3 Å². The third-order valence-corrected chi connectivity index (χ3v) is 21.8. The molecule has 310 valence electrons. The Labute approximate surface area is 346 Å². The standard InChI is InChI=1S/C45H62ClN3O6SSi/c1-8-39(56(52,53)44-47-23-10-24-48-44)19-18-38(55-57(30(2)3,31(4)5)32(6)7)17-14-33-12-13-36(33)27-49-28-45(22-9-11-34-25-37(46)16-20-40(34)45)29-54-42-21-15-35(43(50)51)26-41(42)49/h10,14-17,20-21,23-26,30-33,36,38-39H,8-9,11-13,18-19,22,27-29H2,1-7H3,(H,50,51)/b17-14+/t33-,36-,38+,39+,45?/m0/s1. The number of rotatable bonds is 16. The summed E-state index contributed by atoms with van der Waals surface area (Å²) in [7, 11) is -6.03. The lowest BCUT2D eigenvalue weighted by Gasteiger charge is -2.45. The van der Waals surface area contributed by atoms with Gasteiger partial charge in [0.05, 0.1) is 29.2 Å². The molecule has 5 atom stereocenters. The van der Waals surface area contributed by atoms with Crippen LogP contribution >= 0.6 is 11.6 Å². The average Bonchev–Trinajstić information content (AvgIpc) is 3.31. The molecule has 1 unspecified atom stereocenters. The van der Waals surface area contributed by atoms with Crippen LogP contribution in [0.2, 0.25) is 21.6 Å². The molecule has 57 heavy (non-hydrogen) atoms. The number of hydrogen-bond donors (Lipinski definition) is 1. The van der Waals surface area contributed by atoms with Gasteiger partial charge in [-0.2, -0.15) is 0 Å². The van der Waals surface area contributed by atoms with E-state index < -0.39 is 29.4 Å². The Bertz CT molecular complexity index is 1990. The van der Waals surface area contributed by atoms with Crippen molar-refractivity contribution in [3.05, 3.63) is 88.7 Å². The molecule has 6 rings (SSSR count). The Morgan fingerprint density at radius 3 is 2.40 bits per heavy atom. The minimum Gasteiger partial charge on any atom is -0.490 e. The topological polar surface area (TPSA) is 119 Å². The summed E-state index contributed by atoms with van der Waals surface area (Å²) in [5, 5.41) is 10.0. The van der Waals surface area contributed by atoms with Crippen LogP contribution in [-0.4, -0.2) is 68.8 Å². The number of sulfone groups is 1. The number of aryl methyl sites for hydroxylation is 1. The molecule has 1 aromatic heterocycles. The summed E-state index contributed by atoms with van der Waals surface area (Å²) >= 11 is 6.48. The SMILES string of the molecule is CC[C@H](CC[C@@H](/C=C/[C@@H]1CC[C@H]1CN1CC2(CCCc3cc(Cl)ccc32)COc2ccc(C(=O)O)cc21)O[Si](C(C)C)(C(C)C)C(C)C)S(=O)(=O)c1ncccn1. The molecule has 1 saturated carbocycles. The highest BCUT2D eigenvalue weighted by Crippen LogP contribution is 2.47. The highest BCUT2D eigenvalue weighted by atomic mass is 35.5. The number of carbonyl (C=O) groups is 1. The zero-order valence-corrected chi connectivity index (χ0v) is 37.4. The van der Waals surface area contributed by atoms with Crippen molar-refractivity contribution >= 4 is 41.4 Å². The molecule has 3 aliphatic rings. The lowest BCUT2D eigenvalue weighted by atomic mass is 9.69. The van der Waals surface area contributed by atoms with Crippen LogP contribution in [0.25, 0.3) is 0 Å². The summed E-state index contributed by atoms with van der Waals surface area (Å²) in [6.07, 6.45) is 13.9. The molecule has 0 bridgehead atoms. The van der Waals surface area contributed by atoms with E-state index in [-0.39, 0.29) is 22.2 Å². The van der Waals surface area contributed by atoms with Gasteiger partial charge in [-0.05, 0) is 127 Å². The maximum absolute atomic E-state index is 13.7. The fourth-order valence-electron chi connectivity index (χ4n) is 10.2. The second kappa shape index (κ2) is 17.9. The van der Waals surface area contributed by atoms with Crippen molar-refractivity contribution in [1.82, 2.24) is 9.97 Å². The van der Waals surface area contributed by atoms with E-state index in [2.05, 4.69) is 80.7 Å². The lowest BCUT2D eigenvalue weighted by molar-refractivity contribution is 0.0696. The molecule has 3 aromatic rings. The molecule has 1 fully saturated rings. The van der Waals surface area contributed by atoms with Gasteiger partial charge in [0, 0.05) is 35.9 Å². The smallest absolute Gasteiger partial charge is 0.335 e. The molecule has 9 nitrogen and oxygen atoms in total. The first-order valence-electron chi connectivity index (χ1n) is 21.0. The van der Waals surface area contributed by atoms with Gasteiger partial charge in [-0.1, -0.05) is 78.3 Å². The number of aromatic nitrogens is 2.